The largest absolute Gasteiger partial charge is 0.478 e. The van der Waals surface area contributed by atoms with Gasteiger partial charge in [-0.25, -0.2) is 4.79 Å². The predicted molar refractivity (Wildman–Crippen MR) is 109 cm³/mol. The van der Waals surface area contributed by atoms with Gasteiger partial charge in [0.15, 0.2) is 0 Å². The normalized spacial score (nSPS) is 17.7. The van der Waals surface area contributed by atoms with E-state index in [1.165, 1.54) is 0 Å². The van der Waals surface area contributed by atoms with E-state index in [9.17, 15) is 14.7 Å². The van der Waals surface area contributed by atoms with Crippen LogP contribution in [0.15, 0.2) is 59.4 Å². The smallest absolute Gasteiger partial charge is 0.338 e. The van der Waals surface area contributed by atoms with Gasteiger partial charge in [-0.3, -0.25) is 14.3 Å². The highest BCUT2D eigenvalue weighted by Crippen LogP contribution is 2.24. The molecular weight excluding hydrogens is 354 g/mol. The fourth-order valence-electron chi connectivity index (χ4n) is 4.00. The van der Waals surface area contributed by atoms with E-state index in [0.717, 1.165) is 19.6 Å². The van der Waals surface area contributed by atoms with Gasteiger partial charge >= 0.3 is 5.97 Å². The average Bonchev–Trinajstić information content (AvgIpc) is 2.69. The molecule has 1 aromatic heterocycles. The molecule has 1 aliphatic heterocycles. The minimum atomic E-state index is -1.01. The molecule has 0 amide bonds. The summed E-state index contributed by atoms with van der Waals surface area (Å²) in [6.07, 6.45) is 0. The van der Waals surface area contributed by atoms with Crippen molar-refractivity contribution >= 4 is 16.7 Å². The number of nitrogens with zero attached hydrogens (tertiary/aromatic N) is 2. The second-order valence-electron chi connectivity index (χ2n) is 7.24. The number of fused-ring (bicyclic) bond motifs is 1. The van der Waals surface area contributed by atoms with Gasteiger partial charge in [0.05, 0.1) is 11.3 Å². The Morgan fingerprint density at radius 2 is 1.79 bits per heavy atom. The number of hydrogen-bond donors (Lipinski definition) is 2. The van der Waals surface area contributed by atoms with E-state index < -0.39 is 5.97 Å². The minimum absolute atomic E-state index is 0.190. The standard InChI is InChI=1S/C22H23N3O3/c1-15-13-24(12-11-23-15)14-19-20(22(27)28)17-9-5-6-10-18(17)21(26)25(19)16-7-3-2-4-8-16/h2-10,15,23H,11-14H2,1H3,(H,27,28)/t15-/m0/s1. The van der Waals surface area contributed by atoms with E-state index in [1.807, 2.05) is 30.3 Å². The molecule has 4 rings (SSSR count). The van der Waals surface area contributed by atoms with Gasteiger partial charge < -0.3 is 10.4 Å². The second kappa shape index (κ2) is 7.58. The Hall–Kier alpha value is -2.96. The van der Waals surface area contributed by atoms with Crippen LogP contribution in [0.2, 0.25) is 0 Å². The number of hydrogen-bond acceptors (Lipinski definition) is 4. The highest BCUT2D eigenvalue weighted by Gasteiger charge is 2.25. The zero-order valence-corrected chi connectivity index (χ0v) is 15.8. The van der Waals surface area contributed by atoms with Crippen LogP contribution in [-0.4, -0.2) is 46.2 Å². The number of carboxylic acids is 1. The van der Waals surface area contributed by atoms with E-state index in [2.05, 4.69) is 17.1 Å². The Kier molecular flexibility index (Phi) is 4.98. The predicted octanol–water partition coefficient (Wildman–Crippen LogP) is 2.48. The van der Waals surface area contributed by atoms with Crippen LogP contribution in [-0.2, 0) is 6.54 Å². The lowest BCUT2D eigenvalue weighted by molar-refractivity contribution is 0.0695. The van der Waals surface area contributed by atoms with Crippen LogP contribution >= 0.6 is 0 Å². The van der Waals surface area contributed by atoms with Gasteiger partial charge in [0.2, 0.25) is 0 Å². The van der Waals surface area contributed by atoms with Crippen LogP contribution in [0.3, 0.4) is 0 Å². The van der Waals surface area contributed by atoms with E-state index in [4.69, 9.17) is 0 Å². The Labute approximate surface area is 163 Å². The summed E-state index contributed by atoms with van der Waals surface area (Å²) in [5.41, 5.74) is 1.21. The van der Waals surface area contributed by atoms with Gasteiger partial charge in [0.1, 0.15) is 0 Å². The maximum atomic E-state index is 13.4. The number of rotatable bonds is 4. The van der Waals surface area contributed by atoms with Gasteiger partial charge in [-0.2, -0.15) is 0 Å². The summed E-state index contributed by atoms with van der Waals surface area (Å²) in [6, 6.07) is 16.5. The third-order valence-electron chi connectivity index (χ3n) is 5.24. The second-order valence-corrected chi connectivity index (χ2v) is 7.24. The van der Waals surface area contributed by atoms with Gasteiger partial charge in [-0.05, 0) is 25.1 Å². The van der Waals surface area contributed by atoms with Gasteiger partial charge in [0.25, 0.3) is 5.56 Å². The third kappa shape index (κ3) is 3.32. The zero-order chi connectivity index (χ0) is 19.7. The topological polar surface area (TPSA) is 74.6 Å². The first-order valence-electron chi connectivity index (χ1n) is 9.47. The average molecular weight is 377 g/mol. The van der Waals surface area contributed by atoms with Crippen LogP contribution in [0.4, 0.5) is 0 Å². The molecule has 0 saturated carbocycles. The SMILES string of the molecule is C[C@H]1CN(Cc2c(C(=O)O)c3ccccc3c(=O)n2-c2ccccc2)CCN1. The molecule has 0 spiro atoms. The number of piperazine rings is 1. The van der Waals surface area contributed by atoms with Crippen LogP contribution in [0, 0.1) is 0 Å². The molecule has 144 valence electrons. The van der Waals surface area contributed by atoms with Crippen molar-refractivity contribution in [2.75, 3.05) is 19.6 Å². The van der Waals surface area contributed by atoms with E-state index >= 15 is 0 Å². The summed E-state index contributed by atoms with van der Waals surface area (Å²) in [7, 11) is 0. The summed E-state index contributed by atoms with van der Waals surface area (Å²) < 4.78 is 1.57. The molecule has 28 heavy (non-hydrogen) atoms. The molecule has 0 bridgehead atoms. The molecule has 6 heteroatoms. The summed E-state index contributed by atoms with van der Waals surface area (Å²) in [5, 5.41) is 14.4. The molecule has 3 aromatic rings. The molecule has 2 heterocycles. The quantitative estimate of drug-likeness (QED) is 0.731. The summed E-state index contributed by atoms with van der Waals surface area (Å²) in [6.45, 7) is 4.96. The van der Waals surface area contributed by atoms with E-state index in [1.54, 1.807) is 28.8 Å². The van der Waals surface area contributed by atoms with Crippen molar-refractivity contribution in [3.05, 3.63) is 76.2 Å². The number of aromatic carboxylic acids is 1. The highest BCUT2D eigenvalue weighted by atomic mass is 16.4. The number of aromatic nitrogens is 1. The maximum Gasteiger partial charge on any atom is 0.338 e. The van der Waals surface area contributed by atoms with Crippen molar-refractivity contribution in [1.29, 1.82) is 0 Å². The van der Waals surface area contributed by atoms with E-state index in [-0.39, 0.29) is 11.1 Å². The number of carboxylic acid groups (broad SMARTS) is 1. The molecular formula is C22H23N3O3. The van der Waals surface area contributed by atoms with Gasteiger partial charge in [-0.15, -0.1) is 0 Å². The number of para-hydroxylation sites is 1. The maximum absolute atomic E-state index is 13.4. The molecule has 1 fully saturated rings. The Balaban J connectivity index is 2.00. The highest BCUT2D eigenvalue weighted by molar-refractivity contribution is 6.04. The van der Waals surface area contributed by atoms with Gasteiger partial charge in [0, 0.05) is 48.7 Å². The lowest BCUT2D eigenvalue weighted by Crippen LogP contribution is -2.49. The first-order chi connectivity index (χ1) is 13.6. The molecule has 1 saturated heterocycles. The molecule has 1 aliphatic rings. The fraction of sp³-hybridized carbons (Fsp3) is 0.273. The fourth-order valence-corrected chi connectivity index (χ4v) is 4.00. The molecule has 2 aromatic carbocycles. The number of nitrogens with one attached hydrogen (secondary N) is 1. The minimum Gasteiger partial charge on any atom is -0.478 e. The summed E-state index contributed by atoms with van der Waals surface area (Å²) in [5.74, 6) is -1.01. The Morgan fingerprint density at radius 3 is 2.46 bits per heavy atom. The monoisotopic (exact) mass is 377 g/mol. The number of benzene rings is 2. The van der Waals surface area contributed by atoms with Crippen molar-refractivity contribution in [2.24, 2.45) is 0 Å². The van der Waals surface area contributed by atoms with Crippen molar-refractivity contribution in [2.45, 2.75) is 19.5 Å². The molecule has 0 aliphatic carbocycles. The van der Waals surface area contributed by atoms with Gasteiger partial charge in [-0.1, -0.05) is 36.4 Å². The number of pyridine rings is 1. The molecule has 2 N–H and O–H groups in total. The molecule has 0 radical (unpaired) electrons. The van der Waals surface area contributed by atoms with Crippen molar-refractivity contribution in [1.82, 2.24) is 14.8 Å². The lowest BCUT2D eigenvalue weighted by Gasteiger charge is -2.33. The summed E-state index contributed by atoms with van der Waals surface area (Å²) in [4.78, 5) is 27.9. The van der Waals surface area contributed by atoms with Crippen molar-refractivity contribution in [3.8, 4) is 5.69 Å². The Bertz CT molecular complexity index is 1080. The molecule has 6 nitrogen and oxygen atoms in total. The Morgan fingerprint density at radius 1 is 1.11 bits per heavy atom. The van der Waals surface area contributed by atoms with Crippen molar-refractivity contribution < 1.29 is 9.90 Å². The molecule has 1 atom stereocenters. The third-order valence-corrected chi connectivity index (χ3v) is 5.24. The van der Waals surface area contributed by atoms with Crippen LogP contribution in [0.25, 0.3) is 16.5 Å². The van der Waals surface area contributed by atoms with E-state index in [0.29, 0.717) is 34.7 Å². The first-order valence-corrected chi connectivity index (χ1v) is 9.47. The first kappa shape index (κ1) is 18.4. The molecule has 0 unspecified atom stereocenters. The zero-order valence-electron chi connectivity index (χ0n) is 15.8. The van der Waals surface area contributed by atoms with Crippen molar-refractivity contribution in [3.63, 3.8) is 0 Å². The number of carbonyl (C=O) groups is 1. The summed E-state index contributed by atoms with van der Waals surface area (Å²) >= 11 is 0. The lowest BCUT2D eigenvalue weighted by atomic mass is 10.0. The van der Waals surface area contributed by atoms with Crippen LogP contribution in [0.5, 0.6) is 0 Å². The van der Waals surface area contributed by atoms with Crippen LogP contribution in [0.1, 0.15) is 23.0 Å². The van der Waals surface area contributed by atoms with Crippen LogP contribution < -0.4 is 10.9 Å².